The van der Waals surface area contributed by atoms with Crippen molar-refractivity contribution in [3.05, 3.63) is 5.82 Å². The predicted molar refractivity (Wildman–Crippen MR) is 72.0 cm³/mol. The third-order valence-corrected chi connectivity index (χ3v) is 3.62. The average molecular weight is 283 g/mol. The molecule has 0 aliphatic heterocycles. The molecule has 2 heterocycles. The Labute approximate surface area is 113 Å². The van der Waals surface area contributed by atoms with E-state index in [0.717, 1.165) is 16.6 Å². The topological polar surface area (TPSA) is 93.7 Å². The summed E-state index contributed by atoms with van der Waals surface area (Å²) in [5.74, 6) is 1.57. The second-order valence-corrected chi connectivity index (χ2v) is 5.57. The molecule has 0 fully saturated rings. The standard InChI is InChI=1S/C9H13N7S2/c1-4-5-11-9(18-15-5)17-8-13-6(10)12-7(14-8)16(2)3/h4H2,1-3H3,(H2,10,12,13,14). The van der Waals surface area contributed by atoms with Crippen LogP contribution in [0.5, 0.6) is 0 Å². The number of aryl methyl sites for hydroxylation is 1. The summed E-state index contributed by atoms with van der Waals surface area (Å²) in [5, 5.41) is 0.532. The molecule has 18 heavy (non-hydrogen) atoms. The van der Waals surface area contributed by atoms with E-state index in [1.165, 1.54) is 23.3 Å². The van der Waals surface area contributed by atoms with E-state index in [0.29, 0.717) is 11.1 Å². The van der Waals surface area contributed by atoms with Crippen molar-refractivity contribution in [1.29, 1.82) is 0 Å². The molecule has 2 aromatic rings. The number of aromatic nitrogens is 5. The van der Waals surface area contributed by atoms with E-state index in [2.05, 4.69) is 24.3 Å². The fourth-order valence-electron chi connectivity index (χ4n) is 1.11. The van der Waals surface area contributed by atoms with Crippen molar-refractivity contribution < 1.29 is 0 Å². The van der Waals surface area contributed by atoms with E-state index in [4.69, 9.17) is 5.73 Å². The molecule has 0 saturated carbocycles. The first-order valence-corrected chi connectivity index (χ1v) is 6.86. The predicted octanol–water partition coefficient (Wildman–Crippen LogP) is 1.08. The summed E-state index contributed by atoms with van der Waals surface area (Å²) in [6, 6.07) is 0. The molecule has 96 valence electrons. The fraction of sp³-hybridized carbons (Fsp3) is 0.444. The van der Waals surface area contributed by atoms with Gasteiger partial charge in [-0.3, -0.25) is 0 Å². The zero-order chi connectivity index (χ0) is 13.1. The molecule has 7 nitrogen and oxygen atoms in total. The normalized spacial score (nSPS) is 10.6. The van der Waals surface area contributed by atoms with Gasteiger partial charge in [-0.2, -0.15) is 19.3 Å². The van der Waals surface area contributed by atoms with E-state index >= 15 is 0 Å². The summed E-state index contributed by atoms with van der Waals surface area (Å²) < 4.78 is 5.02. The summed E-state index contributed by atoms with van der Waals surface area (Å²) in [4.78, 5) is 18.5. The van der Waals surface area contributed by atoms with E-state index in [-0.39, 0.29) is 5.95 Å². The SMILES string of the molecule is CCc1nsc(Sc2nc(N)nc(N(C)C)n2)n1. The van der Waals surface area contributed by atoms with Gasteiger partial charge < -0.3 is 10.6 Å². The van der Waals surface area contributed by atoms with Crippen LogP contribution in [0.2, 0.25) is 0 Å². The summed E-state index contributed by atoms with van der Waals surface area (Å²) >= 11 is 2.68. The lowest BCUT2D eigenvalue weighted by Crippen LogP contribution is -2.15. The minimum Gasteiger partial charge on any atom is -0.368 e. The minimum absolute atomic E-state index is 0.205. The van der Waals surface area contributed by atoms with Crippen LogP contribution in [0.15, 0.2) is 9.50 Å². The molecular weight excluding hydrogens is 270 g/mol. The number of rotatable bonds is 4. The number of nitrogens with zero attached hydrogens (tertiary/aromatic N) is 6. The second kappa shape index (κ2) is 5.44. The molecule has 0 unspecified atom stereocenters. The van der Waals surface area contributed by atoms with Crippen molar-refractivity contribution in [2.24, 2.45) is 0 Å². The maximum atomic E-state index is 5.65. The molecule has 2 N–H and O–H groups in total. The highest BCUT2D eigenvalue weighted by Crippen LogP contribution is 2.27. The molecule has 2 aromatic heterocycles. The molecule has 9 heteroatoms. The van der Waals surface area contributed by atoms with Crippen molar-refractivity contribution in [2.75, 3.05) is 24.7 Å². The van der Waals surface area contributed by atoms with Gasteiger partial charge in [-0.05, 0) is 23.3 Å². The highest BCUT2D eigenvalue weighted by atomic mass is 32.2. The summed E-state index contributed by atoms with van der Waals surface area (Å²) in [6.07, 6.45) is 0.819. The summed E-state index contributed by atoms with van der Waals surface area (Å²) in [6.45, 7) is 2.02. The van der Waals surface area contributed by atoms with Gasteiger partial charge in [-0.25, -0.2) is 4.98 Å². The second-order valence-electron chi connectivity index (χ2n) is 3.60. The zero-order valence-electron chi connectivity index (χ0n) is 10.3. The van der Waals surface area contributed by atoms with Gasteiger partial charge in [0.15, 0.2) is 4.34 Å². The molecule has 0 saturated heterocycles. The molecule has 0 atom stereocenters. The van der Waals surface area contributed by atoms with Gasteiger partial charge >= 0.3 is 0 Å². The Bertz CT molecular complexity index is 539. The lowest BCUT2D eigenvalue weighted by Gasteiger charge is -2.10. The van der Waals surface area contributed by atoms with Crippen LogP contribution < -0.4 is 10.6 Å². The molecular formula is C9H13N7S2. The Balaban J connectivity index is 2.23. The maximum absolute atomic E-state index is 5.65. The Hall–Kier alpha value is -1.48. The summed E-state index contributed by atoms with van der Waals surface area (Å²) in [5.41, 5.74) is 5.65. The first-order chi connectivity index (χ1) is 8.58. The number of nitrogen functional groups attached to an aromatic ring is 1. The molecule has 0 aliphatic rings. The van der Waals surface area contributed by atoms with Crippen LogP contribution in [0, 0.1) is 0 Å². The third-order valence-electron chi connectivity index (χ3n) is 1.96. The first kappa shape index (κ1) is 13.0. The largest absolute Gasteiger partial charge is 0.368 e. The Morgan fingerprint density at radius 2 is 2.00 bits per heavy atom. The smallest absolute Gasteiger partial charge is 0.230 e. The molecule has 0 bridgehead atoms. The molecule has 0 amide bonds. The molecule has 2 rings (SSSR count). The van der Waals surface area contributed by atoms with Crippen molar-refractivity contribution >= 4 is 35.2 Å². The van der Waals surface area contributed by atoms with Gasteiger partial charge in [0.1, 0.15) is 5.82 Å². The molecule has 0 aromatic carbocycles. The van der Waals surface area contributed by atoms with E-state index < -0.39 is 0 Å². The zero-order valence-corrected chi connectivity index (χ0v) is 11.9. The Morgan fingerprint density at radius 1 is 1.22 bits per heavy atom. The van der Waals surface area contributed by atoms with Crippen LogP contribution in [0.1, 0.15) is 12.7 Å². The van der Waals surface area contributed by atoms with Gasteiger partial charge in [0, 0.05) is 20.5 Å². The van der Waals surface area contributed by atoms with E-state index in [1.54, 1.807) is 4.90 Å². The average Bonchev–Trinajstić information content (AvgIpc) is 2.76. The van der Waals surface area contributed by atoms with Crippen LogP contribution in [-0.4, -0.2) is 38.4 Å². The van der Waals surface area contributed by atoms with E-state index in [1.807, 2.05) is 21.0 Å². The van der Waals surface area contributed by atoms with Crippen molar-refractivity contribution in [2.45, 2.75) is 22.8 Å². The van der Waals surface area contributed by atoms with Crippen LogP contribution in [0.25, 0.3) is 0 Å². The molecule has 0 aliphatic carbocycles. The van der Waals surface area contributed by atoms with Crippen molar-refractivity contribution in [3.63, 3.8) is 0 Å². The molecule has 0 spiro atoms. The fourth-order valence-corrected chi connectivity index (χ4v) is 2.67. The Morgan fingerprint density at radius 3 is 2.61 bits per heavy atom. The van der Waals surface area contributed by atoms with Crippen molar-refractivity contribution in [3.8, 4) is 0 Å². The monoisotopic (exact) mass is 283 g/mol. The van der Waals surface area contributed by atoms with Crippen LogP contribution in [0.3, 0.4) is 0 Å². The quantitative estimate of drug-likeness (QED) is 0.891. The van der Waals surface area contributed by atoms with Gasteiger partial charge in [0.05, 0.1) is 0 Å². The van der Waals surface area contributed by atoms with Crippen LogP contribution in [0.4, 0.5) is 11.9 Å². The highest BCUT2D eigenvalue weighted by Gasteiger charge is 2.10. The highest BCUT2D eigenvalue weighted by molar-refractivity contribution is 8.00. The van der Waals surface area contributed by atoms with Gasteiger partial charge in [-0.15, -0.1) is 0 Å². The maximum Gasteiger partial charge on any atom is 0.230 e. The van der Waals surface area contributed by atoms with Crippen LogP contribution in [-0.2, 0) is 6.42 Å². The minimum atomic E-state index is 0.205. The number of hydrogen-bond acceptors (Lipinski definition) is 9. The van der Waals surface area contributed by atoms with Crippen molar-refractivity contribution in [1.82, 2.24) is 24.3 Å². The van der Waals surface area contributed by atoms with Gasteiger partial charge in [-0.1, -0.05) is 6.92 Å². The Kier molecular flexibility index (Phi) is 3.92. The number of anilines is 2. The van der Waals surface area contributed by atoms with E-state index in [9.17, 15) is 0 Å². The number of nitrogens with two attached hydrogens (primary N) is 1. The van der Waals surface area contributed by atoms with Gasteiger partial charge in [0.2, 0.25) is 17.1 Å². The summed E-state index contributed by atoms with van der Waals surface area (Å²) in [7, 11) is 3.70. The molecule has 0 radical (unpaired) electrons. The van der Waals surface area contributed by atoms with Crippen LogP contribution >= 0.6 is 23.3 Å². The van der Waals surface area contributed by atoms with Gasteiger partial charge in [0.25, 0.3) is 0 Å². The third kappa shape index (κ3) is 3.05. The number of hydrogen-bond donors (Lipinski definition) is 1. The lowest BCUT2D eigenvalue weighted by atomic mass is 10.5. The lowest BCUT2D eigenvalue weighted by molar-refractivity contribution is 0.874. The first-order valence-electron chi connectivity index (χ1n) is 5.27.